The minimum Gasteiger partial charge on any atom is -0.481 e. The van der Waals surface area contributed by atoms with E-state index >= 15 is 0 Å². The number of nitrogens with one attached hydrogen (secondary N) is 1. The van der Waals surface area contributed by atoms with Crippen LogP contribution in [0.3, 0.4) is 0 Å². The summed E-state index contributed by atoms with van der Waals surface area (Å²) in [4.78, 5) is 11.2. The lowest BCUT2D eigenvalue weighted by Crippen LogP contribution is -2.51. The van der Waals surface area contributed by atoms with Gasteiger partial charge in [-0.25, -0.2) is 0 Å². The van der Waals surface area contributed by atoms with Gasteiger partial charge in [0.2, 0.25) is 0 Å². The highest BCUT2D eigenvalue weighted by Gasteiger charge is 2.45. The summed E-state index contributed by atoms with van der Waals surface area (Å²) in [5.41, 5.74) is -0.211. The van der Waals surface area contributed by atoms with Crippen LogP contribution in [0.15, 0.2) is 0 Å². The molecule has 1 aliphatic rings. The van der Waals surface area contributed by atoms with Crippen molar-refractivity contribution in [3.63, 3.8) is 0 Å². The van der Waals surface area contributed by atoms with Crippen molar-refractivity contribution in [3.8, 4) is 0 Å². The first-order chi connectivity index (χ1) is 7.91. The van der Waals surface area contributed by atoms with Gasteiger partial charge in [0.1, 0.15) is 0 Å². The summed E-state index contributed by atoms with van der Waals surface area (Å²) in [6.07, 6.45) is 2.11. The van der Waals surface area contributed by atoms with Crippen LogP contribution < -0.4 is 5.32 Å². The molecule has 0 spiro atoms. The van der Waals surface area contributed by atoms with Gasteiger partial charge in [-0.15, -0.1) is 0 Å². The topological polar surface area (TPSA) is 49.3 Å². The number of aliphatic carboxylic acids is 1. The van der Waals surface area contributed by atoms with Crippen LogP contribution in [0.5, 0.6) is 0 Å². The van der Waals surface area contributed by atoms with Crippen molar-refractivity contribution in [2.75, 3.05) is 13.2 Å². The average molecular weight is 245 g/mol. The summed E-state index contributed by atoms with van der Waals surface area (Å²) in [6, 6.07) is 0.312. The van der Waals surface area contributed by atoms with E-state index in [1.807, 2.05) is 13.8 Å². The summed E-state index contributed by atoms with van der Waals surface area (Å²) in [6.45, 7) is 6.54. The molecule has 1 rings (SSSR count). The molecule has 0 radical (unpaired) electrons. The van der Waals surface area contributed by atoms with Crippen LogP contribution in [0.25, 0.3) is 0 Å². The zero-order valence-electron chi connectivity index (χ0n) is 11.0. The van der Waals surface area contributed by atoms with Gasteiger partial charge in [0.25, 0.3) is 0 Å². The number of carbonyl (C=O) groups is 1. The highest BCUT2D eigenvalue weighted by Crippen LogP contribution is 2.44. The van der Waals surface area contributed by atoms with Crippen molar-refractivity contribution in [2.24, 2.45) is 17.3 Å². The minimum absolute atomic E-state index is 0.211. The Morgan fingerprint density at radius 1 is 1.47 bits per heavy atom. The van der Waals surface area contributed by atoms with Gasteiger partial charge in [0, 0.05) is 6.04 Å². The Hall–Kier alpha value is -0.640. The highest BCUT2D eigenvalue weighted by molar-refractivity contribution is 5.71. The van der Waals surface area contributed by atoms with Crippen LogP contribution in [0.1, 0.15) is 40.0 Å². The molecule has 0 aromatic heterocycles. The molecule has 3 nitrogen and oxygen atoms in total. The number of halogens is 1. The van der Waals surface area contributed by atoms with Gasteiger partial charge >= 0.3 is 5.97 Å². The van der Waals surface area contributed by atoms with Crippen molar-refractivity contribution < 1.29 is 14.3 Å². The average Bonchev–Trinajstić information content (AvgIpc) is 2.24. The fourth-order valence-corrected chi connectivity index (χ4v) is 2.88. The lowest BCUT2D eigenvalue weighted by atomic mass is 9.61. The molecule has 0 heterocycles. The Morgan fingerprint density at radius 2 is 2.12 bits per heavy atom. The maximum atomic E-state index is 12.0. The molecule has 0 aromatic carbocycles. The van der Waals surface area contributed by atoms with Gasteiger partial charge in [-0.05, 0) is 37.1 Å². The van der Waals surface area contributed by atoms with E-state index in [1.165, 1.54) is 0 Å². The summed E-state index contributed by atoms with van der Waals surface area (Å²) in [5, 5.41) is 12.6. The van der Waals surface area contributed by atoms with Crippen LogP contribution in [0.4, 0.5) is 4.39 Å². The van der Waals surface area contributed by atoms with Gasteiger partial charge in [-0.1, -0.05) is 20.8 Å². The van der Waals surface area contributed by atoms with E-state index in [2.05, 4.69) is 12.2 Å². The highest BCUT2D eigenvalue weighted by atomic mass is 19.1. The summed E-state index contributed by atoms with van der Waals surface area (Å²) >= 11 is 0. The third-order valence-electron chi connectivity index (χ3n) is 4.46. The predicted molar refractivity (Wildman–Crippen MR) is 65.7 cm³/mol. The third kappa shape index (κ3) is 3.18. The molecule has 100 valence electrons. The van der Waals surface area contributed by atoms with E-state index < -0.39 is 5.97 Å². The summed E-state index contributed by atoms with van der Waals surface area (Å²) in [5.74, 6) is -0.669. The second kappa shape index (κ2) is 5.80. The molecule has 17 heavy (non-hydrogen) atoms. The molecule has 0 amide bonds. The minimum atomic E-state index is -0.691. The number of rotatable bonds is 5. The van der Waals surface area contributed by atoms with Crippen molar-refractivity contribution in [2.45, 2.75) is 46.1 Å². The first-order valence-electron chi connectivity index (χ1n) is 6.43. The van der Waals surface area contributed by atoms with Crippen LogP contribution in [-0.2, 0) is 4.79 Å². The fraction of sp³-hybridized carbons (Fsp3) is 0.923. The van der Waals surface area contributed by atoms with E-state index in [4.69, 9.17) is 0 Å². The normalized spacial score (nSPS) is 32.4. The molecule has 0 aliphatic heterocycles. The number of hydrogen-bond donors (Lipinski definition) is 2. The Bertz CT molecular complexity index is 268. The molecule has 4 heteroatoms. The number of carboxylic acid groups (broad SMARTS) is 1. The molecule has 1 saturated carbocycles. The molecular formula is C13H24FNO2. The van der Waals surface area contributed by atoms with Crippen molar-refractivity contribution in [1.82, 2.24) is 5.32 Å². The van der Waals surface area contributed by atoms with Crippen molar-refractivity contribution in [1.29, 1.82) is 0 Å². The predicted octanol–water partition coefficient (Wildman–Crippen LogP) is 2.46. The Balaban J connectivity index is 2.61. The summed E-state index contributed by atoms with van der Waals surface area (Å²) in [7, 11) is 0. The maximum absolute atomic E-state index is 12.0. The molecule has 3 atom stereocenters. The molecular weight excluding hydrogens is 221 g/mol. The van der Waals surface area contributed by atoms with Crippen molar-refractivity contribution in [3.05, 3.63) is 0 Å². The summed E-state index contributed by atoms with van der Waals surface area (Å²) < 4.78 is 12.0. The van der Waals surface area contributed by atoms with Gasteiger partial charge in [-0.3, -0.25) is 9.18 Å². The SMILES string of the molecule is CC1C(NCCCF)CCC(C(=O)O)C1(C)C. The largest absolute Gasteiger partial charge is 0.481 e. The second-order valence-electron chi connectivity index (χ2n) is 5.68. The maximum Gasteiger partial charge on any atom is 0.307 e. The molecule has 1 fully saturated rings. The third-order valence-corrected chi connectivity index (χ3v) is 4.46. The zero-order valence-corrected chi connectivity index (χ0v) is 11.0. The van der Waals surface area contributed by atoms with E-state index in [9.17, 15) is 14.3 Å². The number of carboxylic acids is 1. The molecule has 2 N–H and O–H groups in total. The van der Waals surface area contributed by atoms with E-state index in [0.717, 1.165) is 6.42 Å². The van der Waals surface area contributed by atoms with E-state index in [-0.39, 0.29) is 23.9 Å². The van der Waals surface area contributed by atoms with Gasteiger partial charge in [-0.2, -0.15) is 0 Å². The second-order valence-corrected chi connectivity index (χ2v) is 5.68. The van der Waals surface area contributed by atoms with Crippen LogP contribution in [0.2, 0.25) is 0 Å². The quantitative estimate of drug-likeness (QED) is 0.731. The monoisotopic (exact) mass is 245 g/mol. The Morgan fingerprint density at radius 3 is 2.65 bits per heavy atom. The molecule has 1 aliphatic carbocycles. The smallest absolute Gasteiger partial charge is 0.307 e. The van der Waals surface area contributed by atoms with Crippen LogP contribution in [-0.4, -0.2) is 30.3 Å². The first-order valence-corrected chi connectivity index (χ1v) is 6.43. The van der Waals surface area contributed by atoms with Crippen LogP contribution in [0, 0.1) is 17.3 Å². The van der Waals surface area contributed by atoms with Gasteiger partial charge in [0.05, 0.1) is 12.6 Å². The van der Waals surface area contributed by atoms with Gasteiger partial charge in [0.15, 0.2) is 0 Å². The standard InChI is InChI=1S/C13H24FNO2/c1-9-11(15-8-4-7-14)6-5-10(12(16)17)13(9,2)3/h9-11,15H,4-8H2,1-3H3,(H,16,17). The van der Waals surface area contributed by atoms with E-state index in [0.29, 0.717) is 25.4 Å². The zero-order chi connectivity index (χ0) is 13.1. The lowest BCUT2D eigenvalue weighted by Gasteiger charge is -2.46. The van der Waals surface area contributed by atoms with Gasteiger partial charge < -0.3 is 10.4 Å². The molecule has 0 saturated heterocycles. The number of hydrogen-bond acceptors (Lipinski definition) is 2. The lowest BCUT2D eigenvalue weighted by molar-refractivity contribution is -0.150. The molecule has 0 bridgehead atoms. The fourth-order valence-electron chi connectivity index (χ4n) is 2.88. The Kier molecular flexibility index (Phi) is 4.92. The van der Waals surface area contributed by atoms with Crippen molar-refractivity contribution >= 4 is 5.97 Å². The number of alkyl halides is 1. The molecule has 3 unspecified atom stereocenters. The van der Waals surface area contributed by atoms with Crippen LogP contribution >= 0.6 is 0 Å². The Labute approximate surface area is 103 Å². The first kappa shape index (κ1) is 14.4. The molecule has 0 aromatic rings. The van der Waals surface area contributed by atoms with E-state index in [1.54, 1.807) is 0 Å².